The summed E-state index contributed by atoms with van der Waals surface area (Å²) in [5.74, 6) is 0.740. The lowest BCUT2D eigenvalue weighted by Gasteiger charge is -2.12. The predicted octanol–water partition coefficient (Wildman–Crippen LogP) is 5.60. The fraction of sp³-hybridized carbons (Fsp3) is 0.150. The topological polar surface area (TPSA) is 41.8 Å². The number of halogens is 3. The standard InChI is InChI=1S/C20H18Cl2FNO2/c1-13(26-17-8-6-15(21)7-9-17)3-10-19(24-2)20(25)11-14-4-5-16(22)12-18(14)23/h3-10,12,20,25H,2,11H2,1H3. The minimum Gasteiger partial charge on any atom is -0.462 e. The van der Waals surface area contributed by atoms with E-state index in [2.05, 4.69) is 11.7 Å². The molecular formula is C20H18Cl2FNO2. The number of benzene rings is 2. The molecule has 0 radical (unpaired) electrons. The van der Waals surface area contributed by atoms with E-state index < -0.39 is 11.9 Å². The van der Waals surface area contributed by atoms with Crippen molar-refractivity contribution in [3.05, 3.63) is 87.5 Å². The van der Waals surface area contributed by atoms with E-state index >= 15 is 0 Å². The molecule has 136 valence electrons. The SMILES string of the molecule is C=NC(=CC=C(C)Oc1ccc(Cl)cc1)C(O)Cc1ccc(Cl)cc1F. The quantitative estimate of drug-likeness (QED) is 0.377. The zero-order valence-corrected chi connectivity index (χ0v) is 15.6. The van der Waals surface area contributed by atoms with E-state index in [-0.39, 0.29) is 6.42 Å². The molecule has 0 aliphatic rings. The van der Waals surface area contributed by atoms with Crippen molar-refractivity contribution in [3.63, 3.8) is 0 Å². The fourth-order valence-corrected chi connectivity index (χ4v) is 2.48. The molecule has 6 heteroatoms. The van der Waals surface area contributed by atoms with Crippen molar-refractivity contribution in [2.45, 2.75) is 19.4 Å². The first-order valence-corrected chi connectivity index (χ1v) is 8.55. The molecular weight excluding hydrogens is 376 g/mol. The highest BCUT2D eigenvalue weighted by molar-refractivity contribution is 6.30. The third kappa shape index (κ3) is 5.99. The Kier molecular flexibility index (Phi) is 7.39. The molecule has 0 bridgehead atoms. The average molecular weight is 394 g/mol. The van der Waals surface area contributed by atoms with Gasteiger partial charge in [-0.3, -0.25) is 4.99 Å². The maximum Gasteiger partial charge on any atom is 0.127 e. The largest absolute Gasteiger partial charge is 0.462 e. The van der Waals surface area contributed by atoms with Crippen molar-refractivity contribution < 1.29 is 14.2 Å². The number of allylic oxidation sites excluding steroid dienone is 3. The van der Waals surface area contributed by atoms with Gasteiger partial charge in [-0.2, -0.15) is 0 Å². The molecule has 0 aromatic heterocycles. The van der Waals surface area contributed by atoms with Crippen molar-refractivity contribution in [1.29, 1.82) is 0 Å². The number of aliphatic hydroxyl groups excluding tert-OH is 1. The molecule has 1 unspecified atom stereocenters. The van der Waals surface area contributed by atoms with Gasteiger partial charge in [-0.1, -0.05) is 29.3 Å². The van der Waals surface area contributed by atoms with Gasteiger partial charge in [-0.05, 0) is 67.8 Å². The van der Waals surface area contributed by atoms with E-state index in [1.165, 1.54) is 12.1 Å². The summed E-state index contributed by atoms with van der Waals surface area (Å²) in [5, 5.41) is 11.2. The Balaban J connectivity index is 2.07. The number of aliphatic imine (C=N–C) groups is 1. The molecule has 2 rings (SSSR count). The van der Waals surface area contributed by atoms with E-state index in [4.69, 9.17) is 27.9 Å². The molecule has 1 N–H and O–H groups in total. The van der Waals surface area contributed by atoms with Crippen LogP contribution in [0.25, 0.3) is 0 Å². The zero-order valence-electron chi connectivity index (χ0n) is 14.1. The Morgan fingerprint density at radius 1 is 1.19 bits per heavy atom. The summed E-state index contributed by atoms with van der Waals surface area (Å²) in [6, 6.07) is 11.2. The normalized spacial score (nSPS) is 13.4. The zero-order chi connectivity index (χ0) is 19.1. The van der Waals surface area contributed by atoms with E-state index in [0.29, 0.717) is 32.8 Å². The molecule has 0 aliphatic carbocycles. The van der Waals surface area contributed by atoms with Gasteiger partial charge in [0, 0.05) is 16.5 Å². The maximum atomic E-state index is 13.9. The first-order valence-electron chi connectivity index (χ1n) is 7.79. The third-order valence-electron chi connectivity index (χ3n) is 3.53. The van der Waals surface area contributed by atoms with Gasteiger partial charge >= 0.3 is 0 Å². The fourth-order valence-electron chi connectivity index (χ4n) is 2.19. The highest BCUT2D eigenvalue weighted by Gasteiger charge is 2.13. The molecule has 0 amide bonds. The minimum atomic E-state index is -1.01. The van der Waals surface area contributed by atoms with Crippen LogP contribution in [0, 0.1) is 5.82 Å². The number of hydrogen-bond donors (Lipinski definition) is 1. The van der Waals surface area contributed by atoms with Crippen molar-refractivity contribution in [1.82, 2.24) is 0 Å². The van der Waals surface area contributed by atoms with Gasteiger partial charge < -0.3 is 9.84 Å². The molecule has 0 aliphatic heterocycles. The van der Waals surface area contributed by atoms with Crippen molar-refractivity contribution in [2.75, 3.05) is 0 Å². The van der Waals surface area contributed by atoms with Gasteiger partial charge in [0.25, 0.3) is 0 Å². The lowest BCUT2D eigenvalue weighted by molar-refractivity contribution is 0.208. The minimum absolute atomic E-state index is 0.0543. The molecule has 2 aromatic carbocycles. The summed E-state index contributed by atoms with van der Waals surface area (Å²) in [7, 11) is 0. The Labute approximate surface area is 162 Å². The van der Waals surface area contributed by atoms with Crippen LogP contribution < -0.4 is 4.74 Å². The molecule has 3 nitrogen and oxygen atoms in total. The van der Waals surface area contributed by atoms with E-state index in [0.717, 1.165) is 0 Å². The van der Waals surface area contributed by atoms with Crippen LogP contribution in [0.5, 0.6) is 5.75 Å². The van der Waals surface area contributed by atoms with Crippen molar-refractivity contribution in [2.24, 2.45) is 4.99 Å². The van der Waals surface area contributed by atoms with Gasteiger partial charge in [0.1, 0.15) is 23.4 Å². The molecule has 2 aromatic rings. The number of aliphatic hydroxyl groups is 1. The Bertz CT molecular complexity index is 832. The third-order valence-corrected chi connectivity index (χ3v) is 4.02. The highest BCUT2D eigenvalue weighted by atomic mass is 35.5. The Hall–Kier alpha value is -2.14. The Morgan fingerprint density at radius 3 is 2.46 bits per heavy atom. The van der Waals surface area contributed by atoms with Crippen LogP contribution in [0.2, 0.25) is 10.0 Å². The molecule has 26 heavy (non-hydrogen) atoms. The summed E-state index contributed by atoms with van der Waals surface area (Å²) in [5.41, 5.74) is 0.646. The van der Waals surface area contributed by atoms with Gasteiger partial charge in [0.2, 0.25) is 0 Å². The smallest absolute Gasteiger partial charge is 0.127 e. The number of hydrogen-bond acceptors (Lipinski definition) is 3. The second-order valence-electron chi connectivity index (χ2n) is 5.54. The van der Waals surface area contributed by atoms with Crippen LogP contribution in [-0.2, 0) is 6.42 Å². The molecule has 0 heterocycles. The van der Waals surface area contributed by atoms with Crippen LogP contribution in [0.4, 0.5) is 4.39 Å². The monoisotopic (exact) mass is 393 g/mol. The van der Waals surface area contributed by atoms with E-state index in [9.17, 15) is 9.50 Å². The van der Waals surface area contributed by atoms with Crippen LogP contribution in [0.1, 0.15) is 12.5 Å². The first kappa shape index (κ1) is 20.2. The summed E-state index contributed by atoms with van der Waals surface area (Å²) < 4.78 is 19.5. The van der Waals surface area contributed by atoms with Crippen molar-refractivity contribution >= 4 is 29.9 Å². The first-order chi connectivity index (χ1) is 12.4. The summed E-state index contributed by atoms with van der Waals surface area (Å²) in [4.78, 5) is 3.82. The molecule has 0 spiro atoms. The van der Waals surface area contributed by atoms with Gasteiger partial charge in [-0.15, -0.1) is 0 Å². The van der Waals surface area contributed by atoms with Crippen LogP contribution in [0.3, 0.4) is 0 Å². The molecule has 0 saturated heterocycles. The maximum absolute atomic E-state index is 13.9. The van der Waals surface area contributed by atoms with E-state index in [1.807, 2.05) is 0 Å². The van der Waals surface area contributed by atoms with Crippen molar-refractivity contribution in [3.8, 4) is 5.75 Å². The van der Waals surface area contributed by atoms with Crippen LogP contribution in [-0.4, -0.2) is 17.9 Å². The van der Waals surface area contributed by atoms with Gasteiger partial charge in [0.15, 0.2) is 0 Å². The van der Waals surface area contributed by atoms with Crippen LogP contribution >= 0.6 is 23.2 Å². The second kappa shape index (κ2) is 9.53. The molecule has 0 fully saturated rings. The lowest BCUT2D eigenvalue weighted by Crippen LogP contribution is -2.13. The number of nitrogens with zero attached hydrogens (tertiary/aromatic N) is 1. The summed E-state index contributed by atoms with van der Waals surface area (Å²) in [6.45, 7) is 5.21. The number of rotatable bonds is 7. The molecule has 0 saturated carbocycles. The summed E-state index contributed by atoms with van der Waals surface area (Å²) >= 11 is 11.6. The number of ether oxygens (including phenoxy) is 1. The lowest BCUT2D eigenvalue weighted by atomic mass is 10.0. The summed E-state index contributed by atoms with van der Waals surface area (Å²) in [6.07, 6.45) is 2.28. The predicted molar refractivity (Wildman–Crippen MR) is 105 cm³/mol. The Morgan fingerprint density at radius 2 is 1.85 bits per heavy atom. The molecule has 1 atom stereocenters. The van der Waals surface area contributed by atoms with E-state index in [1.54, 1.807) is 49.4 Å². The average Bonchev–Trinajstić information content (AvgIpc) is 2.60. The van der Waals surface area contributed by atoms with Gasteiger partial charge in [-0.25, -0.2) is 4.39 Å². The van der Waals surface area contributed by atoms with Gasteiger partial charge in [0.05, 0.1) is 5.70 Å². The van der Waals surface area contributed by atoms with Crippen LogP contribution in [0.15, 0.2) is 71.1 Å². The second-order valence-corrected chi connectivity index (χ2v) is 6.41. The highest BCUT2D eigenvalue weighted by Crippen LogP contribution is 2.20.